The minimum Gasteiger partial charge on any atom is -0.479 e. The summed E-state index contributed by atoms with van der Waals surface area (Å²) in [5, 5.41) is 21.1. The minimum absolute atomic E-state index is 0.153. The van der Waals surface area contributed by atoms with Crippen LogP contribution in [0.15, 0.2) is 5.16 Å². The number of aromatic nitrogens is 4. The zero-order valence-corrected chi connectivity index (χ0v) is 17.9. The number of hydrogen-bond acceptors (Lipinski definition) is 8. The molecule has 0 spiro atoms. The molecule has 1 N–H and O–H groups in total. The van der Waals surface area contributed by atoms with E-state index in [0.717, 1.165) is 0 Å². The first-order chi connectivity index (χ1) is 12.3. The van der Waals surface area contributed by atoms with Crippen molar-refractivity contribution < 1.29 is 19.5 Å². The number of tetrazole rings is 1. The van der Waals surface area contributed by atoms with Crippen LogP contribution in [0.2, 0.25) is 0 Å². The molecular weight excluding hydrogens is 390 g/mol. The second-order valence-electron chi connectivity index (χ2n) is 8.05. The summed E-state index contributed by atoms with van der Waals surface area (Å²) in [6, 6.07) is -1.49. The number of hydrogen-bond donors (Lipinski definition) is 1. The minimum atomic E-state index is -1.49. The molecule has 1 fully saturated rings. The number of Topliss-reactive ketones (excluding diaryl/α,β-unsaturated/α-hetero) is 1. The van der Waals surface area contributed by atoms with E-state index in [4.69, 9.17) is 0 Å². The number of ketones is 1. The van der Waals surface area contributed by atoms with Crippen LogP contribution in [-0.4, -0.2) is 69.8 Å². The van der Waals surface area contributed by atoms with Crippen molar-refractivity contribution in [3.63, 3.8) is 0 Å². The lowest BCUT2D eigenvalue weighted by atomic mass is 9.84. The van der Waals surface area contributed by atoms with Gasteiger partial charge in [-0.25, -0.2) is 9.48 Å². The van der Waals surface area contributed by atoms with Crippen LogP contribution in [0.3, 0.4) is 0 Å². The van der Waals surface area contributed by atoms with E-state index in [0.29, 0.717) is 10.9 Å². The normalized spacial score (nSPS) is 19.0. The van der Waals surface area contributed by atoms with E-state index in [-0.39, 0.29) is 22.4 Å². The van der Waals surface area contributed by atoms with Crippen molar-refractivity contribution >= 4 is 41.2 Å². The number of rotatable bonds is 8. The van der Waals surface area contributed by atoms with E-state index in [1.807, 2.05) is 20.8 Å². The first-order valence-corrected chi connectivity index (χ1v) is 10.3. The molecule has 0 aromatic carbocycles. The number of amides is 1. The highest BCUT2D eigenvalue weighted by molar-refractivity contribution is 8.01. The molecular formula is C16H25N5O4S2. The zero-order valence-electron chi connectivity index (χ0n) is 16.3. The van der Waals surface area contributed by atoms with E-state index in [1.165, 1.54) is 33.1 Å². The highest BCUT2D eigenvalue weighted by atomic mass is 32.2. The number of carboxylic acids is 1. The van der Waals surface area contributed by atoms with Crippen molar-refractivity contribution in [2.45, 2.75) is 62.4 Å². The molecule has 1 amide bonds. The molecule has 0 bridgehead atoms. The lowest BCUT2D eigenvalue weighted by Crippen LogP contribution is -2.63. The van der Waals surface area contributed by atoms with E-state index >= 15 is 0 Å². The molecule has 150 valence electrons. The molecule has 1 aromatic rings. The standard InChI is InChI=1S/C16H25N5O4S2/c1-15(2,3)27-10-7-9(22)21(10)11(13(24)25)12(23)16(4,5)8-26-14-17-18-19-20(14)6/h10-11H,7-8H2,1-6H3,(H,24,25). The third kappa shape index (κ3) is 5.01. The first kappa shape index (κ1) is 21.7. The maximum atomic E-state index is 13.1. The lowest BCUT2D eigenvalue weighted by Gasteiger charge is -2.46. The van der Waals surface area contributed by atoms with E-state index in [9.17, 15) is 19.5 Å². The van der Waals surface area contributed by atoms with Gasteiger partial charge in [-0.3, -0.25) is 9.59 Å². The summed E-state index contributed by atoms with van der Waals surface area (Å²) in [5.74, 6) is -1.81. The highest BCUT2D eigenvalue weighted by Crippen LogP contribution is 2.40. The van der Waals surface area contributed by atoms with Gasteiger partial charge in [0.2, 0.25) is 11.1 Å². The summed E-state index contributed by atoms with van der Waals surface area (Å²) in [5.41, 5.74) is -0.980. The molecule has 1 saturated heterocycles. The van der Waals surface area contributed by atoms with Gasteiger partial charge in [0, 0.05) is 23.0 Å². The van der Waals surface area contributed by atoms with Crippen molar-refractivity contribution in [3.8, 4) is 0 Å². The predicted molar refractivity (Wildman–Crippen MR) is 102 cm³/mol. The van der Waals surface area contributed by atoms with Crippen LogP contribution in [0.25, 0.3) is 0 Å². The van der Waals surface area contributed by atoms with Crippen LogP contribution in [0.4, 0.5) is 0 Å². The summed E-state index contributed by atoms with van der Waals surface area (Å²) in [4.78, 5) is 38.4. The van der Waals surface area contributed by atoms with Gasteiger partial charge in [0.1, 0.15) is 0 Å². The number of β-lactam (4-membered cyclic amide) rings is 1. The quantitative estimate of drug-likeness (QED) is 0.382. The van der Waals surface area contributed by atoms with Gasteiger partial charge in [0.25, 0.3) is 0 Å². The smallest absolute Gasteiger partial charge is 0.334 e. The number of likely N-dealkylation sites (tertiary alicyclic amines) is 1. The maximum absolute atomic E-state index is 13.1. The molecule has 2 unspecified atom stereocenters. The van der Waals surface area contributed by atoms with E-state index in [2.05, 4.69) is 15.5 Å². The molecule has 27 heavy (non-hydrogen) atoms. The number of aryl methyl sites for hydroxylation is 1. The second kappa shape index (κ2) is 7.78. The van der Waals surface area contributed by atoms with Crippen LogP contribution in [-0.2, 0) is 21.4 Å². The van der Waals surface area contributed by atoms with E-state index < -0.39 is 23.2 Å². The van der Waals surface area contributed by atoms with Crippen molar-refractivity contribution in [3.05, 3.63) is 0 Å². The molecule has 1 aromatic heterocycles. The molecule has 0 radical (unpaired) electrons. The van der Waals surface area contributed by atoms with E-state index in [1.54, 1.807) is 20.9 Å². The number of carbonyl (C=O) groups excluding carboxylic acids is 2. The fraction of sp³-hybridized carbons (Fsp3) is 0.750. The molecule has 2 atom stereocenters. The molecule has 11 heteroatoms. The Morgan fingerprint density at radius 3 is 2.37 bits per heavy atom. The van der Waals surface area contributed by atoms with Gasteiger partial charge in [-0.15, -0.1) is 16.9 Å². The summed E-state index contributed by atoms with van der Waals surface area (Å²) >= 11 is 2.77. The maximum Gasteiger partial charge on any atom is 0.334 e. The molecule has 1 aliphatic rings. The Kier molecular flexibility index (Phi) is 6.25. The number of thioether (sulfide) groups is 2. The van der Waals surface area contributed by atoms with Gasteiger partial charge < -0.3 is 10.0 Å². The van der Waals surface area contributed by atoms with Crippen LogP contribution < -0.4 is 0 Å². The number of carbonyl (C=O) groups is 3. The van der Waals surface area contributed by atoms with Crippen LogP contribution >= 0.6 is 23.5 Å². The topological polar surface area (TPSA) is 118 Å². The van der Waals surface area contributed by atoms with Crippen LogP contribution in [0.1, 0.15) is 41.0 Å². The van der Waals surface area contributed by atoms with Gasteiger partial charge in [-0.2, -0.15) is 0 Å². The molecule has 0 aliphatic carbocycles. The Morgan fingerprint density at radius 2 is 1.93 bits per heavy atom. The van der Waals surface area contributed by atoms with Gasteiger partial charge >= 0.3 is 5.97 Å². The van der Waals surface area contributed by atoms with Crippen molar-refractivity contribution in [2.24, 2.45) is 12.5 Å². The number of aliphatic carboxylic acids is 1. The average molecular weight is 416 g/mol. The average Bonchev–Trinajstić information content (AvgIpc) is 2.93. The fourth-order valence-corrected chi connectivity index (χ4v) is 4.95. The first-order valence-electron chi connectivity index (χ1n) is 8.45. The van der Waals surface area contributed by atoms with Crippen LogP contribution in [0.5, 0.6) is 0 Å². The summed E-state index contributed by atoms with van der Waals surface area (Å²) < 4.78 is 1.33. The molecule has 0 saturated carbocycles. The van der Waals surface area contributed by atoms with Gasteiger partial charge in [0.05, 0.1) is 11.8 Å². The molecule has 2 heterocycles. The lowest BCUT2D eigenvalue weighted by molar-refractivity contribution is -0.163. The highest BCUT2D eigenvalue weighted by Gasteiger charge is 2.51. The van der Waals surface area contributed by atoms with Crippen molar-refractivity contribution in [1.29, 1.82) is 0 Å². The number of carboxylic acid groups (broad SMARTS) is 1. The summed E-state index contributed by atoms with van der Waals surface area (Å²) in [6.45, 7) is 9.33. The molecule has 9 nitrogen and oxygen atoms in total. The second-order valence-corrected chi connectivity index (χ2v) is 11.0. The van der Waals surface area contributed by atoms with Gasteiger partial charge in [-0.1, -0.05) is 46.4 Å². The predicted octanol–water partition coefficient (Wildman–Crippen LogP) is 1.44. The Bertz CT molecular complexity index is 743. The monoisotopic (exact) mass is 415 g/mol. The van der Waals surface area contributed by atoms with Gasteiger partial charge in [-0.05, 0) is 10.4 Å². The van der Waals surface area contributed by atoms with Crippen molar-refractivity contribution in [1.82, 2.24) is 25.1 Å². The summed E-state index contributed by atoms with van der Waals surface area (Å²) in [7, 11) is 1.68. The molecule has 2 rings (SSSR count). The Hall–Kier alpha value is -1.62. The summed E-state index contributed by atoms with van der Waals surface area (Å²) in [6.07, 6.45) is 0.249. The molecule has 1 aliphatic heterocycles. The fourth-order valence-electron chi connectivity index (χ4n) is 2.61. The Labute approximate surface area is 166 Å². The Balaban J connectivity index is 2.16. The van der Waals surface area contributed by atoms with Crippen LogP contribution in [0, 0.1) is 5.41 Å². The third-order valence-corrected chi connectivity index (χ3v) is 6.85. The Morgan fingerprint density at radius 1 is 1.30 bits per heavy atom. The van der Waals surface area contributed by atoms with Crippen molar-refractivity contribution in [2.75, 3.05) is 5.75 Å². The van der Waals surface area contributed by atoms with Gasteiger partial charge in [0.15, 0.2) is 11.8 Å². The number of nitrogens with zero attached hydrogens (tertiary/aromatic N) is 5. The SMILES string of the molecule is Cn1nnnc1SCC(C)(C)C(=O)C(C(=O)O)N1C(=O)CC1SC(C)(C)C. The zero-order chi connectivity index (χ0) is 20.6. The third-order valence-electron chi connectivity index (χ3n) is 4.01. The largest absolute Gasteiger partial charge is 0.479 e.